The second kappa shape index (κ2) is 9.43. The number of thioether (sulfide) groups is 1. The fourth-order valence-electron chi connectivity index (χ4n) is 2.07. The third-order valence-electron chi connectivity index (χ3n) is 3.89. The summed E-state index contributed by atoms with van der Waals surface area (Å²) in [6, 6.07) is 9.96. The minimum absolute atomic E-state index is 0.439. The van der Waals surface area contributed by atoms with E-state index in [4.69, 9.17) is 0 Å². The summed E-state index contributed by atoms with van der Waals surface area (Å²) in [6.07, 6.45) is 4.62. The van der Waals surface area contributed by atoms with Gasteiger partial charge >= 0.3 is 0 Å². The molecule has 0 bridgehead atoms. The summed E-state index contributed by atoms with van der Waals surface area (Å²) in [5.41, 5.74) is 1.38. The van der Waals surface area contributed by atoms with Gasteiger partial charge in [-0.3, -0.25) is 0 Å². The lowest BCUT2D eigenvalue weighted by molar-refractivity contribution is 0.267. The van der Waals surface area contributed by atoms with E-state index in [9.17, 15) is 0 Å². The molecular weight excluding hydrogens is 264 g/mol. The first-order valence-electron chi connectivity index (χ1n) is 7.62. The third-order valence-corrected chi connectivity index (χ3v) is 4.63. The van der Waals surface area contributed by atoms with Crippen LogP contribution in [0.5, 0.6) is 0 Å². The Morgan fingerprint density at radius 3 is 2.30 bits per heavy atom. The lowest BCUT2D eigenvalue weighted by atomic mass is 10.1. The standard InChI is InChI=1S/C17H30N2S/c1-14(2)19(4)13-7-6-12-18-15(3)16-8-10-17(20-5)11-9-16/h8-11,14-15,18H,6-7,12-13H2,1-5H3. The minimum atomic E-state index is 0.439. The highest BCUT2D eigenvalue weighted by atomic mass is 32.2. The van der Waals surface area contributed by atoms with E-state index in [1.54, 1.807) is 11.8 Å². The first-order valence-corrected chi connectivity index (χ1v) is 8.84. The van der Waals surface area contributed by atoms with Crippen molar-refractivity contribution in [2.75, 3.05) is 26.4 Å². The van der Waals surface area contributed by atoms with Crippen LogP contribution >= 0.6 is 11.8 Å². The van der Waals surface area contributed by atoms with Crippen molar-refractivity contribution < 1.29 is 0 Å². The van der Waals surface area contributed by atoms with Gasteiger partial charge in [-0.1, -0.05) is 12.1 Å². The van der Waals surface area contributed by atoms with Crippen molar-refractivity contribution in [1.82, 2.24) is 10.2 Å². The summed E-state index contributed by atoms with van der Waals surface area (Å²) in [5.74, 6) is 0. The van der Waals surface area contributed by atoms with Gasteiger partial charge in [-0.2, -0.15) is 0 Å². The Labute approximate surface area is 129 Å². The number of nitrogens with one attached hydrogen (secondary N) is 1. The Balaban J connectivity index is 2.21. The van der Waals surface area contributed by atoms with Crippen molar-refractivity contribution >= 4 is 11.8 Å². The molecule has 0 amide bonds. The van der Waals surface area contributed by atoms with Crippen molar-refractivity contribution in [2.24, 2.45) is 0 Å². The number of benzene rings is 1. The quantitative estimate of drug-likeness (QED) is 0.543. The van der Waals surface area contributed by atoms with Crippen LogP contribution in [-0.4, -0.2) is 37.3 Å². The van der Waals surface area contributed by atoms with Crippen molar-refractivity contribution in [3.63, 3.8) is 0 Å². The van der Waals surface area contributed by atoms with E-state index in [1.807, 2.05) is 0 Å². The van der Waals surface area contributed by atoms with E-state index in [0.29, 0.717) is 12.1 Å². The molecule has 1 N–H and O–H groups in total. The average Bonchev–Trinajstić information content (AvgIpc) is 2.46. The number of unbranched alkanes of at least 4 members (excludes halogenated alkanes) is 1. The number of nitrogens with zero attached hydrogens (tertiary/aromatic N) is 1. The van der Waals surface area contributed by atoms with Crippen LogP contribution in [0, 0.1) is 0 Å². The highest BCUT2D eigenvalue weighted by Gasteiger charge is 2.05. The molecule has 0 aromatic heterocycles. The van der Waals surface area contributed by atoms with Crippen LogP contribution in [0.25, 0.3) is 0 Å². The van der Waals surface area contributed by atoms with Gasteiger partial charge in [-0.25, -0.2) is 0 Å². The maximum Gasteiger partial charge on any atom is 0.0291 e. The number of hydrogen-bond acceptors (Lipinski definition) is 3. The predicted molar refractivity (Wildman–Crippen MR) is 91.6 cm³/mol. The van der Waals surface area contributed by atoms with E-state index in [1.165, 1.54) is 29.8 Å². The molecule has 0 saturated carbocycles. The highest BCUT2D eigenvalue weighted by molar-refractivity contribution is 7.98. The van der Waals surface area contributed by atoms with Crippen LogP contribution < -0.4 is 5.32 Å². The van der Waals surface area contributed by atoms with Gasteiger partial charge in [-0.05, 0) is 77.7 Å². The molecule has 1 atom stereocenters. The SMILES string of the molecule is CSc1ccc(C(C)NCCCCN(C)C(C)C)cc1. The van der Waals surface area contributed by atoms with Gasteiger partial charge in [0.05, 0.1) is 0 Å². The van der Waals surface area contributed by atoms with Crippen molar-refractivity contribution in [3.05, 3.63) is 29.8 Å². The Morgan fingerprint density at radius 1 is 1.10 bits per heavy atom. The smallest absolute Gasteiger partial charge is 0.0291 e. The summed E-state index contributed by atoms with van der Waals surface area (Å²) < 4.78 is 0. The molecule has 0 heterocycles. The van der Waals surface area contributed by atoms with E-state index in [-0.39, 0.29) is 0 Å². The average molecular weight is 295 g/mol. The number of rotatable bonds is 9. The van der Waals surface area contributed by atoms with Gasteiger partial charge in [0.15, 0.2) is 0 Å². The molecule has 0 spiro atoms. The zero-order chi connectivity index (χ0) is 15.0. The molecule has 114 valence electrons. The normalized spacial score (nSPS) is 13.2. The molecule has 1 rings (SSSR count). The molecule has 0 saturated heterocycles. The molecule has 1 unspecified atom stereocenters. The molecule has 0 aliphatic carbocycles. The predicted octanol–water partition coefficient (Wildman–Crippen LogP) is 4.18. The number of hydrogen-bond donors (Lipinski definition) is 1. The second-order valence-electron chi connectivity index (χ2n) is 5.73. The second-order valence-corrected chi connectivity index (χ2v) is 6.61. The fourth-order valence-corrected chi connectivity index (χ4v) is 2.48. The van der Waals surface area contributed by atoms with Gasteiger partial charge in [0.1, 0.15) is 0 Å². The van der Waals surface area contributed by atoms with Gasteiger partial charge < -0.3 is 10.2 Å². The lowest BCUT2D eigenvalue weighted by Crippen LogP contribution is -2.28. The largest absolute Gasteiger partial charge is 0.310 e. The van der Waals surface area contributed by atoms with E-state index < -0.39 is 0 Å². The van der Waals surface area contributed by atoms with Crippen molar-refractivity contribution in [2.45, 2.75) is 50.6 Å². The lowest BCUT2D eigenvalue weighted by Gasteiger charge is -2.21. The first-order chi connectivity index (χ1) is 9.54. The Hall–Kier alpha value is -0.510. The molecule has 1 aromatic rings. The first kappa shape index (κ1) is 17.5. The molecule has 20 heavy (non-hydrogen) atoms. The maximum absolute atomic E-state index is 3.61. The summed E-state index contributed by atoms with van der Waals surface area (Å²) in [4.78, 5) is 3.74. The highest BCUT2D eigenvalue weighted by Crippen LogP contribution is 2.18. The zero-order valence-corrected chi connectivity index (χ0v) is 14.5. The molecule has 2 nitrogen and oxygen atoms in total. The van der Waals surface area contributed by atoms with Crippen LogP contribution in [0.2, 0.25) is 0 Å². The van der Waals surface area contributed by atoms with Crippen LogP contribution in [0.3, 0.4) is 0 Å². The van der Waals surface area contributed by atoms with Crippen molar-refractivity contribution in [3.8, 4) is 0 Å². The van der Waals surface area contributed by atoms with E-state index in [0.717, 1.165) is 6.54 Å². The molecule has 0 aliphatic rings. The molecule has 1 aromatic carbocycles. The minimum Gasteiger partial charge on any atom is -0.310 e. The Morgan fingerprint density at radius 2 is 1.75 bits per heavy atom. The molecule has 0 aliphatic heterocycles. The van der Waals surface area contributed by atoms with Gasteiger partial charge in [0.25, 0.3) is 0 Å². The summed E-state index contributed by atoms with van der Waals surface area (Å²) in [7, 11) is 2.20. The Bertz CT molecular complexity index is 362. The van der Waals surface area contributed by atoms with Gasteiger partial charge in [0.2, 0.25) is 0 Å². The monoisotopic (exact) mass is 294 g/mol. The van der Waals surface area contributed by atoms with E-state index in [2.05, 4.69) is 68.6 Å². The molecular formula is C17H30N2S. The molecule has 0 fully saturated rings. The van der Waals surface area contributed by atoms with Crippen molar-refractivity contribution in [1.29, 1.82) is 0 Å². The van der Waals surface area contributed by atoms with Gasteiger partial charge in [-0.15, -0.1) is 11.8 Å². The van der Waals surface area contributed by atoms with Crippen LogP contribution in [0.4, 0.5) is 0 Å². The third kappa shape index (κ3) is 6.29. The Kier molecular flexibility index (Phi) is 8.27. The molecule has 3 heteroatoms. The maximum atomic E-state index is 3.61. The fraction of sp³-hybridized carbons (Fsp3) is 0.647. The van der Waals surface area contributed by atoms with Crippen LogP contribution in [0.1, 0.15) is 45.2 Å². The van der Waals surface area contributed by atoms with Crippen LogP contribution in [-0.2, 0) is 0 Å². The summed E-state index contributed by atoms with van der Waals surface area (Å²) in [6.45, 7) is 9.03. The topological polar surface area (TPSA) is 15.3 Å². The van der Waals surface area contributed by atoms with E-state index >= 15 is 0 Å². The summed E-state index contributed by atoms with van der Waals surface area (Å²) in [5, 5.41) is 3.61. The van der Waals surface area contributed by atoms with Crippen LogP contribution in [0.15, 0.2) is 29.2 Å². The summed E-state index contributed by atoms with van der Waals surface area (Å²) >= 11 is 1.79. The van der Waals surface area contributed by atoms with Gasteiger partial charge in [0, 0.05) is 17.0 Å². The zero-order valence-electron chi connectivity index (χ0n) is 13.6. The molecule has 0 radical (unpaired) electrons.